The van der Waals surface area contributed by atoms with E-state index in [0.29, 0.717) is 19.4 Å². The zero-order chi connectivity index (χ0) is 11.6. The van der Waals surface area contributed by atoms with Crippen molar-refractivity contribution in [2.45, 2.75) is 25.4 Å². The molecule has 0 radical (unpaired) electrons. The Morgan fingerprint density at radius 3 is 2.44 bits per heavy atom. The molecule has 0 aromatic carbocycles. The lowest BCUT2D eigenvalue weighted by Crippen LogP contribution is -2.32. The molecule has 16 heavy (non-hydrogen) atoms. The maximum absolute atomic E-state index is 11.7. The Balaban J connectivity index is 1.80. The fourth-order valence-corrected chi connectivity index (χ4v) is 3.55. The lowest BCUT2D eigenvalue weighted by Gasteiger charge is -2.23. The van der Waals surface area contributed by atoms with E-state index in [1.807, 2.05) is 0 Å². The highest BCUT2D eigenvalue weighted by atomic mass is 32.2. The second-order valence-electron chi connectivity index (χ2n) is 4.48. The average Bonchev–Trinajstić information content (AvgIpc) is 2.74. The Morgan fingerprint density at radius 2 is 1.88 bits per heavy atom. The topological polar surface area (TPSA) is 72.5 Å². The second kappa shape index (κ2) is 4.71. The Hall–Kier alpha value is -0.620. The molecular weight excluding hydrogens is 230 g/mol. The van der Waals surface area contributed by atoms with Crippen molar-refractivity contribution in [3.05, 3.63) is 0 Å². The van der Waals surface area contributed by atoms with Crippen LogP contribution in [0.25, 0.3) is 0 Å². The van der Waals surface area contributed by atoms with Crippen LogP contribution in [0.3, 0.4) is 0 Å². The van der Waals surface area contributed by atoms with E-state index in [4.69, 9.17) is 4.74 Å². The molecule has 2 aliphatic rings. The molecule has 1 N–H and O–H groups in total. The third-order valence-corrected chi connectivity index (χ3v) is 4.89. The number of carbonyl (C=O) groups excluding carboxylic acids is 1. The van der Waals surface area contributed by atoms with Crippen molar-refractivity contribution in [1.82, 2.24) is 5.32 Å². The van der Waals surface area contributed by atoms with Gasteiger partial charge in [-0.05, 0) is 25.8 Å². The number of carbonyl (C=O) groups is 1. The van der Waals surface area contributed by atoms with Gasteiger partial charge in [0.05, 0.1) is 17.4 Å². The fourth-order valence-electron chi connectivity index (χ4n) is 2.10. The van der Waals surface area contributed by atoms with Crippen molar-refractivity contribution in [1.29, 1.82) is 0 Å². The summed E-state index contributed by atoms with van der Waals surface area (Å²) in [4.78, 5) is 11.7. The van der Waals surface area contributed by atoms with Crippen molar-refractivity contribution >= 4 is 15.8 Å². The molecule has 0 aromatic rings. The minimum Gasteiger partial charge on any atom is -0.462 e. The van der Waals surface area contributed by atoms with Crippen LogP contribution in [0, 0.1) is 5.92 Å². The largest absolute Gasteiger partial charge is 0.462 e. The molecule has 1 atom stereocenters. The van der Waals surface area contributed by atoms with Gasteiger partial charge < -0.3 is 10.1 Å². The lowest BCUT2D eigenvalue weighted by atomic mass is 10.1. The van der Waals surface area contributed by atoms with Crippen LogP contribution < -0.4 is 5.32 Å². The van der Waals surface area contributed by atoms with Gasteiger partial charge in [0.2, 0.25) is 0 Å². The predicted octanol–water partition coefficient (Wildman–Crippen LogP) is -0.284. The number of ether oxygens (including phenoxy) is 1. The fraction of sp³-hybridized carbons (Fsp3) is 0.900. The molecule has 92 valence electrons. The van der Waals surface area contributed by atoms with Crippen LogP contribution in [0.15, 0.2) is 0 Å². The van der Waals surface area contributed by atoms with Crippen LogP contribution in [-0.4, -0.2) is 45.1 Å². The first-order chi connectivity index (χ1) is 7.57. The van der Waals surface area contributed by atoms with E-state index in [0.717, 1.165) is 13.0 Å². The maximum Gasteiger partial charge on any atom is 0.310 e. The molecule has 2 heterocycles. The van der Waals surface area contributed by atoms with E-state index in [1.54, 1.807) is 0 Å². The highest BCUT2D eigenvalue weighted by molar-refractivity contribution is 7.91. The molecule has 0 spiro atoms. The molecule has 5 nitrogen and oxygen atoms in total. The van der Waals surface area contributed by atoms with Gasteiger partial charge in [-0.1, -0.05) is 0 Å². The van der Waals surface area contributed by atoms with E-state index < -0.39 is 9.84 Å². The quantitative estimate of drug-likeness (QED) is 0.679. The summed E-state index contributed by atoms with van der Waals surface area (Å²) in [6.07, 6.45) is 1.53. The number of hydrogen-bond acceptors (Lipinski definition) is 5. The molecule has 0 aliphatic carbocycles. The number of hydrogen-bond donors (Lipinski definition) is 1. The van der Waals surface area contributed by atoms with Crippen LogP contribution in [0.1, 0.15) is 19.3 Å². The third-order valence-electron chi connectivity index (χ3n) is 3.18. The summed E-state index contributed by atoms with van der Waals surface area (Å²) in [7, 11) is -2.87. The molecule has 2 rings (SSSR count). The van der Waals surface area contributed by atoms with Crippen molar-refractivity contribution < 1.29 is 17.9 Å². The third kappa shape index (κ3) is 2.95. The Kier molecular flexibility index (Phi) is 3.49. The standard InChI is InChI=1S/C10H17NO4S/c12-10(8-1-4-11-7-8)15-9-2-5-16(13,14)6-3-9/h8-9,11H,1-7H2/t8-/m1/s1. The highest BCUT2D eigenvalue weighted by Gasteiger charge is 2.30. The van der Waals surface area contributed by atoms with Gasteiger partial charge in [0.15, 0.2) is 9.84 Å². The summed E-state index contributed by atoms with van der Waals surface area (Å²) in [6.45, 7) is 1.54. The normalized spacial score (nSPS) is 30.1. The molecule has 0 bridgehead atoms. The summed E-state index contributed by atoms with van der Waals surface area (Å²) in [6, 6.07) is 0. The average molecular weight is 247 g/mol. The zero-order valence-corrected chi connectivity index (χ0v) is 9.96. The lowest BCUT2D eigenvalue weighted by molar-refractivity contribution is -0.153. The Labute approximate surface area is 95.5 Å². The van der Waals surface area contributed by atoms with Crippen LogP contribution in [0.5, 0.6) is 0 Å². The van der Waals surface area contributed by atoms with Gasteiger partial charge in [0.25, 0.3) is 0 Å². The van der Waals surface area contributed by atoms with Gasteiger partial charge in [-0.15, -0.1) is 0 Å². The minimum atomic E-state index is -2.87. The first kappa shape index (κ1) is 11.9. The van der Waals surface area contributed by atoms with Crippen LogP contribution in [0.2, 0.25) is 0 Å². The van der Waals surface area contributed by atoms with Crippen LogP contribution in [0.4, 0.5) is 0 Å². The van der Waals surface area contributed by atoms with E-state index in [-0.39, 0.29) is 29.5 Å². The van der Waals surface area contributed by atoms with Crippen LogP contribution in [-0.2, 0) is 19.4 Å². The summed E-state index contributed by atoms with van der Waals surface area (Å²) < 4.78 is 27.7. The summed E-state index contributed by atoms with van der Waals surface area (Å²) in [5.41, 5.74) is 0. The van der Waals surface area contributed by atoms with Gasteiger partial charge >= 0.3 is 5.97 Å². The van der Waals surface area contributed by atoms with Crippen LogP contribution >= 0.6 is 0 Å². The molecule has 2 saturated heterocycles. The van der Waals surface area contributed by atoms with Crippen molar-refractivity contribution in [2.24, 2.45) is 5.92 Å². The first-order valence-electron chi connectivity index (χ1n) is 5.68. The van der Waals surface area contributed by atoms with Crippen molar-refractivity contribution in [3.8, 4) is 0 Å². The number of nitrogens with one attached hydrogen (secondary N) is 1. The second-order valence-corrected chi connectivity index (χ2v) is 6.78. The minimum absolute atomic E-state index is 0.0430. The summed E-state index contributed by atoms with van der Waals surface area (Å²) in [5, 5.41) is 3.11. The number of sulfone groups is 1. The van der Waals surface area contributed by atoms with Gasteiger partial charge in [0.1, 0.15) is 6.10 Å². The molecule has 2 fully saturated rings. The number of rotatable bonds is 2. The molecule has 0 amide bonds. The molecule has 0 saturated carbocycles. The summed E-state index contributed by atoms with van der Waals surface area (Å²) >= 11 is 0. The first-order valence-corrected chi connectivity index (χ1v) is 7.50. The Morgan fingerprint density at radius 1 is 1.19 bits per heavy atom. The molecule has 6 heteroatoms. The van der Waals surface area contributed by atoms with E-state index in [1.165, 1.54) is 0 Å². The zero-order valence-electron chi connectivity index (χ0n) is 9.15. The SMILES string of the molecule is O=C(OC1CCS(=O)(=O)CC1)[C@@H]1CCNC1. The number of esters is 1. The van der Waals surface area contributed by atoms with E-state index in [2.05, 4.69) is 5.32 Å². The van der Waals surface area contributed by atoms with Gasteiger partial charge in [-0.3, -0.25) is 4.79 Å². The monoisotopic (exact) mass is 247 g/mol. The smallest absolute Gasteiger partial charge is 0.310 e. The van der Waals surface area contributed by atoms with E-state index >= 15 is 0 Å². The van der Waals surface area contributed by atoms with Gasteiger partial charge in [0, 0.05) is 6.54 Å². The Bertz CT molecular complexity index is 345. The van der Waals surface area contributed by atoms with Crippen molar-refractivity contribution in [3.63, 3.8) is 0 Å². The maximum atomic E-state index is 11.7. The van der Waals surface area contributed by atoms with Gasteiger partial charge in [-0.25, -0.2) is 8.42 Å². The predicted molar refractivity (Wildman–Crippen MR) is 58.7 cm³/mol. The van der Waals surface area contributed by atoms with E-state index in [9.17, 15) is 13.2 Å². The van der Waals surface area contributed by atoms with Gasteiger partial charge in [-0.2, -0.15) is 0 Å². The molecule has 2 aliphatic heterocycles. The van der Waals surface area contributed by atoms with Crippen molar-refractivity contribution in [2.75, 3.05) is 24.6 Å². The highest BCUT2D eigenvalue weighted by Crippen LogP contribution is 2.18. The summed E-state index contributed by atoms with van der Waals surface area (Å²) in [5.74, 6) is 0.0784. The molecule has 0 unspecified atom stereocenters. The molecule has 0 aromatic heterocycles. The molecular formula is C10H17NO4S.